The van der Waals surface area contributed by atoms with E-state index in [-0.39, 0.29) is 17.9 Å². The molecule has 5 nitrogen and oxygen atoms in total. The Morgan fingerprint density at radius 1 is 1.13 bits per heavy atom. The van der Waals surface area contributed by atoms with Crippen LogP contribution in [0, 0.1) is 6.92 Å². The second-order valence-corrected chi connectivity index (χ2v) is 6.32. The molecular weight excluding hydrogens is 292 g/mol. The topological polar surface area (TPSA) is 49.9 Å². The molecule has 5 heteroatoms. The van der Waals surface area contributed by atoms with Gasteiger partial charge in [0.25, 0.3) is 5.91 Å². The molecule has 2 heterocycles. The van der Waals surface area contributed by atoms with Crippen molar-refractivity contribution >= 4 is 11.8 Å². The van der Waals surface area contributed by atoms with E-state index in [0.717, 1.165) is 24.8 Å². The highest BCUT2D eigenvalue weighted by Gasteiger charge is 2.35. The SMILES string of the molecule is Cc1cccc(C(=O)N2CCCC[C@@H]2C(=O)N2CCOCC2)c1. The minimum atomic E-state index is -0.324. The molecule has 2 aliphatic rings. The first-order valence-corrected chi connectivity index (χ1v) is 8.41. The summed E-state index contributed by atoms with van der Waals surface area (Å²) in [6.45, 7) is 5.06. The van der Waals surface area contributed by atoms with Gasteiger partial charge >= 0.3 is 0 Å². The molecule has 2 fully saturated rings. The highest BCUT2D eigenvalue weighted by molar-refractivity contribution is 5.97. The molecule has 1 aromatic carbocycles. The normalized spacial score (nSPS) is 22.0. The summed E-state index contributed by atoms with van der Waals surface area (Å²) in [4.78, 5) is 29.3. The van der Waals surface area contributed by atoms with Crippen LogP contribution < -0.4 is 0 Å². The van der Waals surface area contributed by atoms with Crippen LogP contribution in [-0.4, -0.2) is 60.5 Å². The van der Waals surface area contributed by atoms with Crippen molar-refractivity contribution in [2.24, 2.45) is 0 Å². The van der Waals surface area contributed by atoms with Crippen molar-refractivity contribution in [3.63, 3.8) is 0 Å². The first kappa shape index (κ1) is 16.0. The largest absolute Gasteiger partial charge is 0.378 e. The van der Waals surface area contributed by atoms with Crippen LogP contribution in [0.15, 0.2) is 24.3 Å². The van der Waals surface area contributed by atoms with E-state index in [1.165, 1.54) is 0 Å². The van der Waals surface area contributed by atoms with Gasteiger partial charge in [-0.2, -0.15) is 0 Å². The zero-order valence-electron chi connectivity index (χ0n) is 13.7. The number of rotatable bonds is 2. The zero-order valence-corrected chi connectivity index (χ0v) is 13.7. The molecule has 23 heavy (non-hydrogen) atoms. The maximum atomic E-state index is 12.9. The van der Waals surface area contributed by atoms with Gasteiger partial charge in [-0.05, 0) is 38.3 Å². The van der Waals surface area contributed by atoms with Crippen molar-refractivity contribution in [2.75, 3.05) is 32.8 Å². The van der Waals surface area contributed by atoms with Gasteiger partial charge in [0.2, 0.25) is 5.91 Å². The van der Waals surface area contributed by atoms with Crippen LogP contribution in [0.3, 0.4) is 0 Å². The summed E-state index contributed by atoms with van der Waals surface area (Å²) in [6, 6.07) is 7.28. The summed E-state index contributed by atoms with van der Waals surface area (Å²) in [5.41, 5.74) is 1.73. The molecule has 1 atom stereocenters. The summed E-state index contributed by atoms with van der Waals surface area (Å²) in [5.74, 6) is 0.0500. The molecule has 0 saturated carbocycles. The summed E-state index contributed by atoms with van der Waals surface area (Å²) >= 11 is 0. The minimum absolute atomic E-state index is 0.0278. The third-order valence-corrected chi connectivity index (χ3v) is 4.64. The van der Waals surface area contributed by atoms with Crippen LogP contribution in [0.2, 0.25) is 0 Å². The maximum Gasteiger partial charge on any atom is 0.254 e. The molecule has 2 saturated heterocycles. The Labute approximate surface area is 137 Å². The number of hydrogen-bond acceptors (Lipinski definition) is 3. The van der Waals surface area contributed by atoms with E-state index in [0.29, 0.717) is 38.4 Å². The third kappa shape index (κ3) is 3.55. The van der Waals surface area contributed by atoms with Crippen LogP contribution in [-0.2, 0) is 9.53 Å². The van der Waals surface area contributed by atoms with Crippen molar-refractivity contribution in [1.82, 2.24) is 9.80 Å². The van der Waals surface area contributed by atoms with Crippen molar-refractivity contribution in [1.29, 1.82) is 0 Å². The monoisotopic (exact) mass is 316 g/mol. The Kier molecular flexibility index (Phi) is 4.96. The molecule has 124 valence electrons. The fraction of sp³-hybridized carbons (Fsp3) is 0.556. The molecule has 0 unspecified atom stereocenters. The van der Waals surface area contributed by atoms with Gasteiger partial charge in [-0.1, -0.05) is 17.7 Å². The number of aryl methyl sites for hydroxylation is 1. The molecule has 0 aliphatic carbocycles. The van der Waals surface area contributed by atoms with E-state index in [9.17, 15) is 9.59 Å². The lowest BCUT2D eigenvalue weighted by Gasteiger charge is -2.38. The van der Waals surface area contributed by atoms with Crippen molar-refractivity contribution < 1.29 is 14.3 Å². The molecule has 1 aromatic rings. The van der Waals surface area contributed by atoms with E-state index in [2.05, 4.69) is 0 Å². The Morgan fingerprint density at radius 3 is 2.65 bits per heavy atom. The molecule has 2 amide bonds. The van der Waals surface area contributed by atoms with Gasteiger partial charge < -0.3 is 14.5 Å². The summed E-state index contributed by atoms with van der Waals surface area (Å²) in [5, 5.41) is 0. The number of likely N-dealkylation sites (tertiary alicyclic amines) is 1. The molecular formula is C18H24N2O3. The van der Waals surface area contributed by atoms with Gasteiger partial charge in [0.05, 0.1) is 13.2 Å². The number of benzene rings is 1. The first-order chi connectivity index (χ1) is 11.2. The molecule has 2 aliphatic heterocycles. The van der Waals surface area contributed by atoms with Gasteiger partial charge in [-0.25, -0.2) is 0 Å². The van der Waals surface area contributed by atoms with Gasteiger partial charge in [0, 0.05) is 25.2 Å². The molecule has 0 spiro atoms. The lowest BCUT2D eigenvalue weighted by molar-refractivity contribution is -0.141. The highest BCUT2D eigenvalue weighted by Crippen LogP contribution is 2.22. The molecule has 0 radical (unpaired) electrons. The van der Waals surface area contributed by atoms with Crippen LogP contribution >= 0.6 is 0 Å². The average Bonchev–Trinajstić information content (AvgIpc) is 2.61. The predicted octanol–water partition coefficient (Wildman–Crippen LogP) is 1.85. The van der Waals surface area contributed by atoms with E-state index in [4.69, 9.17) is 4.74 Å². The number of carbonyl (C=O) groups is 2. The first-order valence-electron chi connectivity index (χ1n) is 8.41. The number of hydrogen-bond donors (Lipinski definition) is 0. The number of piperidine rings is 1. The Morgan fingerprint density at radius 2 is 1.91 bits per heavy atom. The standard InChI is InChI=1S/C18H24N2O3/c1-14-5-4-6-15(13-14)17(21)20-8-3-2-7-16(20)18(22)19-9-11-23-12-10-19/h4-6,13,16H,2-3,7-12H2,1H3/t16-/m1/s1. The van der Waals surface area contributed by atoms with Gasteiger partial charge in [-0.15, -0.1) is 0 Å². The number of carbonyl (C=O) groups excluding carboxylic acids is 2. The average molecular weight is 316 g/mol. The maximum absolute atomic E-state index is 12.9. The number of ether oxygens (including phenoxy) is 1. The smallest absolute Gasteiger partial charge is 0.254 e. The van der Waals surface area contributed by atoms with Crippen molar-refractivity contribution in [3.05, 3.63) is 35.4 Å². The van der Waals surface area contributed by atoms with Crippen molar-refractivity contribution in [2.45, 2.75) is 32.2 Å². The van der Waals surface area contributed by atoms with Gasteiger partial charge in [0.1, 0.15) is 6.04 Å². The quantitative estimate of drug-likeness (QED) is 0.837. The van der Waals surface area contributed by atoms with Gasteiger partial charge in [-0.3, -0.25) is 9.59 Å². The van der Waals surface area contributed by atoms with Crippen LogP contribution in [0.5, 0.6) is 0 Å². The fourth-order valence-corrected chi connectivity index (χ4v) is 3.37. The van der Waals surface area contributed by atoms with Gasteiger partial charge in [0.15, 0.2) is 0 Å². The summed E-state index contributed by atoms with van der Waals surface area (Å²) in [7, 11) is 0. The molecule has 0 N–H and O–H groups in total. The fourth-order valence-electron chi connectivity index (χ4n) is 3.37. The lowest BCUT2D eigenvalue weighted by Crippen LogP contribution is -2.55. The predicted molar refractivity (Wildman–Crippen MR) is 87.3 cm³/mol. The number of morpholine rings is 1. The molecule has 0 aromatic heterocycles. The Hall–Kier alpha value is -1.88. The van der Waals surface area contributed by atoms with Crippen LogP contribution in [0.4, 0.5) is 0 Å². The summed E-state index contributed by atoms with van der Waals surface area (Å²) < 4.78 is 5.32. The molecule has 3 rings (SSSR count). The van der Waals surface area contributed by atoms with Crippen LogP contribution in [0.1, 0.15) is 35.2 Å². The Balaban J connectivity index is 1.78. The zero-order chi connectivity index (χ0) is 16.2. The van der Waals surface area contributed by atoms with E-state index in [1.807, 2.05) is 36.1 Å². The third-order valence-electron chi connectivity index (χ3n) is 4.64. The number of nitrogens with zero attached hydrogens (tertiary/aromatic N) is 2. The van der Waals surface area contributed by atoms with Crippen molar-refractivity contribution in [3.8, 4) is 0 Å². The number of amides is 2. The van der Waals surface area contributed by atoms with E-state index < -0.39 is 0 Å². The van der Waals surface area contributed by atoms with Crippen LogP contribution in [0.25, 0.3) is 0 Å². The highest BCUT2D eigenvalue weighted by atomic mass is 16.5. The van der Waals surface area contributed by atoms with E-state index in [1.54, 1.807) is 4.90 Å². The molecule has 0 bridgehead atoms. The minimum Gasteiger partial charge on any atom is -0.378 e. The second kappa shape index (κ2) is 7.13. The second-order valence-electron chi connectivity index (χ2n) is 6.32. The van der Waals surface area contributed by atoms with E-state index >= 15 is 0 Å². The summed E-state index contributed by atoms with van der Waals surface area (Å²) in [6.07, 6.45) is 2.72. The lowest BCUT2D eigenvalue weighted by atomic mass is 9.99. The Bertz CT molecular complexity index is 581.